The van der Waals surface area contributed by atoms with Crippen LogP contribution < -0.4 is 5.32 Å². The zero-order chi connectivity index (χ0) is 15.1. The van der Waals surface area contributed by atoms with Gasteiger partial charge in [0.1, 0.15) is 0 Å². The molecule has 0 heterocycles. The minimum atomic E-state index is 0.118. The van der Waals surface area contributed by atoms with Crippen LogP contribution in [0.4, 0.5) is 0 Å². The van der Waals surface area contributed by atoms with Crippen LogP contribution in [0.5, 0.6) is 0 Å². The molecule has 2 nitrogen and oxygen atoms in total. The summed E-state index contributed by atoms with van der Waals surface area (Å²) in [6, 6.07) is 0. The van der Waals surface area contributed by atoms with E-state index in [1.54, 1.807) is 0 Å². The maximum atomic E-state index is 12.4. The fraction of sp³-hybridized carbons (Fsp3) is 0.944. The normalized spacial score (nSPS) is 44.0. The Morgan fingerprint density at radius 1 is 1.05 bits per heavy atom. The van der Waals surface area contributed by atoms with Crippen LogP contribution >= 0.6 is 11.6 Å². The Morgan fingerprint density at radius 2 is 1.71 bits per heavy atom. The minimum absolute atomic E-state index is 0.118. The molecule has 4 atom stereocenters. The van der Waals surface area contributed by atoms with Crippen LogP contribution in [0.2, 0.25) is 0 Å². The van der Waals surface area contributed by atoms with Crippen molar-refractivity contribution in [2.75, 3.05) is 5.88 Å². The zero-order valence-corrected chi connectivity index (χ0v) is 14.4. The molecule has 0 radical (unpaired) electrons. The molecule has 0 aromatic rings. The monoisotopic (exact) mass is 311 g/mol. The van der Waals surface area contributed by atoms with E-state index in [9.17, 15) is 4.79 Å². The van der Waals surface area contributed by atoms with Gasteiger partial charge in [-0.15, -0.1) is 11.6 Å². The second kappa shape index (κ2) is 5.44. The number of carbonyl (C=O) groups excluding carboxylic acids is 1. The van der Waals surface area contributed by atoms with E-state index in [4.69, 9.17) is 11.6 Å². The van der Waals surface area contributed by atoms with E-state index in [-0.39, 0.29) is 11.4 Å². The molecule has 1 N–H and O–H groups in total. The molecule has 0 spiro atoms. The van der Waals surface area contributed by atoms with Crippen LogP contribution in [0.25, 0.3) is 0 Å². The third kappa shape index (κ3) is 3.25. The number of unbranched alkanes of at least 4 members (excludes halogenated alkanes) is 2. The van der Waals surface area contributed by atoms with Gasteiger partial charge in [0, 0.05) is 17.8 Å². The maximum absolute atomic E-state index is 12.4. The van der Waals surface area contributed by atoms with Crippen molar-refractivity contribution in [1.82, 2.24) is 5.32 Å². The molecule has 4 aliphatic carbocycles. The highest BCUT2D eigenvalue weighted by atomic mass is 35.5. The molecule has 120 valence electrons. The van der Waals surface area contributed by atoms with Gasteiger partial charge in [0.2, 0.25) is 5.91 Å². The van der Waals surface area contributed by atoms with Gasteiger partial charge < -0.3 is 5.32 Å². The smallest absolute Gasteiger partial charge is 0.220 e. The molecule has 4 bridgehead atoms. The molecule has 4 fully saturated rings. The molecule has 4 rings (SSSR count). The lowest BCUT2D eigenvalue weighted by Gasteiger charge is -2.65. The quantitative estimate of drug-likeness (QED) is 0.561. The van der Waals surface area contributed by atoms with Crippen molar-refractivity contribution in [2.24, 2.45) is 16.7 Å². The predicted octanol–water partition coefficient (Wildman–Crippen LogP) is 4.65. The first-order valence-electron chi connectivity index (χ1n) is 8.73. The summed E-state index contributed by atoms with van der Waals surface area (Å²) in [5.74, 6) is 1.83. The number of carbonyl (C=O) groups is 1. The summed E-state index contributed by atoms with van der Waals surface area (Å²) < 4.78 is 0. The Kier molecular flexibility index (Phi) is 4.05. The molecule has 0 aliphatic heterocycles. The van der Waals surface area contributed by atoms with E-state index in [1.165, 1.54) is 38.5 Å². The molecule has 3 heteroatoms. The molecule has 0 saturated heterocycles. The Balaban J connectivity index is 1.61. The van der Waals surface area contributed by atoms with E-state index >= 15 is 0 Å². The number of amides is 1. The molecule has 4 saturated carbocycles. The molecule has 0 aromatic carbocycles. The van der Waals surface area contributed by atoms with Gasteiger partial charge >= 0.3 is 0 Å². The SMILES string of the molecule is C[C@]12CC3CC(NC(=O)CCCCCCl)(C1)C[C@@](C)(C3)C2. The summed E-state index contributed by atoms with van der Waals surface area (Å²) in [6.07, 6.45) is 11.5. The first-order valence-corrected chi connectivity index (χ1v) is 9.27. The van der Waals surface area contributed by atoms with Gasteiger partial charge in [-0.25, -0.2) is 0 Å². The summed E-state index contributed by atoms with van der Waals surface area (Å²) in [6.45, 7) is 4.91. The van der Waals surface area contributed by atoms with Crippen molar-refractivity contribution in [3.8, 4) is 0 Å². The first-order chi connectivity index (χ1) is 9.86. The summed E-state index contributed by atoms with van der Waals surface area (Å²) >= 11 is 5.69. The molecular weight excluding hydrogens is 282 g/mol. The van der Waals surface area contributed by atoms with Crippen LogP contribution in [-0.2, 0) is 4.79 Å². The second-order valence-electron chi connectivity index (χ2n) is 8.96. The van der Waals surface area contributed by atoms with Crippen molar-refractivity contribution in [3.63, 3.8) is 0 Å². The van der Waals surface area contributed by atoms with Crippen molar-refractivity contribution in [1.29, 1.82) is 0 Å². The highest BCUT2D eigenvalue weighted by Gasteiger charge is 2.60. The molecule has 21 heavy (non-hydrogen) atoms. The van der Waals surface area contributed by atoms with Crippen LogP contribution in [0.15, 0.2) is 0 Å². The zero-order valence-electron chi connectivity index (χ0n) is 13.6. The number of rotatable bonds is 6. The molecule has 0 aromatic heterocycles. The highest BCUT2D eigenvalue weighted by molar-refractivity contribution is 6.17. The van der Waals surface area contributed by atoms with Gasteiger partial charge in [0.05, 0.1) is 0 Å². The third-order valence-corrected chi connectivity index (χ3v) is 6.34. The lowest BCUT2D eigenvalue weighted by atomic mass is 9.43. The lowest BCUT2D eigenvalue weighted by Crippen LogP contribution is -2.65. The number of hydrogen-bond donors (Lipinski definition) is 1. The average Bonchev–Trinajstić information content (AvgIpc) is 2.29. The number of alkyl halides is 1. The summed E-state index contributed by atoms with van der Waals surface area (Å²) in [7, 11) is 0. The van der Waals surface area contributed by atoms with E-state index in [0.29, 0.717) is 23.1 Å². The van der Waals surface area contributed by atoms with E-state index < -0.39 is 0 Å². The van der Waals surface area contributed by atoms with E-state index in [2.05, 4.69) is 19.2 Å². The number of nitrogens with one attached hydrogen (secondary N) is 1. The fourth-order valence-electron chi connectivity index (χ4n) is 6.50. The number of halogens is 1. The van der Waals surface area contributed by atoms with Crippen molar-refractivity contribution in [2.45, 2.75) is 83.6 Å². The Hall–Kier alpha value is -0.240. The predicted molar refractivity (Wildman–Crippen MR) is 87.5 cm³/mol. The van der Waals surface area contributed by atoms with Crippen molar-refractivity contribution in [3.05, 3.63) is 0 Å². The van der Waals surface area contributed by atoms with Gasteiger partial charge in [0.15, 0.2) is 0 Å². The summed E-state index contributed by atoms with van der Waals surface area (Å²) in [5.41, 5.74) is 1.06. The lowest BCUT2D eigenvalue weighted by molar-refractivity contribution is -0.139. The highest BCUT2D eigenvalue weighted by Crippen LogP contribution is 2.66. The topological polar surface area (TPSA) is 29.1 Å². The van der Waals surface area contributed by atoms with Crippen LogP contribution in [0.3, 0.4) is 0 Å². The third-order valence-electron chi connectivity index (χ3n) is 6.07. The largest absolute Gasteiger partial charge is 0.351 e. The standard InChI is InChI=1S/C18H30ClNO/c1-16-8-14-9-17(2,11-16)13-18(10-14,12-16)20-15(21)6-4-3-5-7-19/h14H,3-13H2,1-2H3,(H,20,21)/t14?,16-,17+,18?. The fourth-order valence-corrected chi connectivity index (χ4v) is 6.69. The Morgan fingerprint density at radius 3 is 2.29 bits per heavy atom. The van der Waals surface area contributed by atoms with E-state index in [0.717, 1.165) is 25.2 Å². The second-order valence-corrected chi connectivity index (χ2v) is 9.34. The Bertz CT molecular complexity index is 403. The number of hydrogen-bond acceptors (Lipinski definition) is 1. The maximum Gasteiger partial charge on any atom is 0.220 e. The van der Waals surface area contributed by atoms with Crippen LogP contribution in [0.1, 0.15) is 78.1 Å². The molecular formula is C18H30ClNO. The Labute approximate surface area is 134 Å². The average molecular weight is 312 g/mol. The summed E-state index contributed by atoms with van der Waals surface area (Å²) in [4.78, 5) is 12.4. The van der Waals surface area contributed by atoms with Gasteiger partial charge in [-0.1, -0.05) is 20.3 Å². The van der Waals surface area contributed by atoms with Crippen LogP contribution in [0, 0.1) is 16.7 Å². The van der Waals surface area contributed by atoms with Gasteiger partial charge in [-0.2, -0.15) is 0 Å². The molecule has 4 aliphatic rings. The summed E-state index contributed by atoms with van der Waals surface area (Å²) in [5, 5.41) is 3.48. The van der Waals surface area contributed by atoms with Gasteiger partial charge in [-0.3, -0.25) is 4.79 Å². The van der Waals surface area contributed by atoms with Crippen molar-refractivity contribution >= 4 is 17.5 Å². The van der Waals surface area contributed by atoms with Gasteiger partial charge in [0.25, 0.3) is 0 Å². The van der Waals surface area contributed by atoms with Gasteiger partial charge in [-0.05, 0) is 68.1 Å². The first kappa shape index (κ1) is 15.6. The molecule has 1 amide bonds. The minimum Gasteiger partial charge on any atom is -0.351 e. The van der Waals surface area contributed by atoms with E-state index in [1.807, 2.05) is 0 Å². The molecule has 2 unspecified atom stereocenters. The van der Waals surface area contributed by atoms with Crippen molar-refractivity contribution < 1.29 is 4.79 Å². The van der Waals surface area contributed by atoms with Crippen LogP contribution in [-0.4, -0.2) is 17.3 Å².